The highest BCUT2D eigenvalue weighted by Gasteiger charge is 2.19. The molecular formula is C50H33NS. The molecule has 1 aromatic heterocycles. The fourth-order valence-corrected chi connectivity index (χ4v) is 8.93. The highest BCUT2D eigenvalue weighted by molar-refractivity contribution is 7.26. The third kappa shape index (κ3) is 5.24. The first-order valence-electron chi connectivity index (χ1n) is 17.8. The van der Waals surface area contributed by atoms with Crippen LogP contribution in [-0.2, 0) is 0 Å². The van der Waals surface area contributed by atoms with Crippen LogP contribution in [0.4, 0.5) is 17.1 Å². The molecule has 0 N–H and O–H groups in total. The van der Waals surface area contributed by atoms with Crippen molar-refractivity contribution in [2.45, 2.75) is 0 Å². The van der Waals surface area contributed by atoms with E-state index in [2.05, 4.69) is 205 Å². The van der Waals surface area contributed by atoms with Gasteiger partial charge in [-0.15, -0.1) is 11.3 Å². The molecule has 0 fully saturated rings. The van der Waals surface area contributed by atoms with Crippen LogP contribution in [0.2, 0.25) is 0 Å². The molecule has 52 heavy (non-hydrogen) atoms. The van der Waals surface area contributed by atoms with Gasteiger partial charge < -0.3 is 4.90 Å². The fraction of sp³-hybridized carbons (Fsp3) is 0. The number of benzene rings is 9. The smallest absolute Gasteiger partial charge is 0.0540 e. The molecule has 0 saturated heterocycles. The predicted molar refractivity (Wildman–Crippen MR) is 225 cm³/mol. The monoisotopic (exact) mass is 679 g/mol. The molecule has 0 spiro atoms. The summed E-state index contributed by atoms with van der Waals surface area (Å²) < 4.78 is 2.68. The molecule has 0 radical (unpaired) electrons. The van der Waals surface area contributed by atoms with Crippen molar-refractivity contribution in [1.82, 2.24) is 0 Å². The van der Waals surface area contributed by atoms with E-state index in [1.54, 1.807) is 0 Å². The molecule has 2 heteroatoms. The SMILES string of the molecule is c1ccc(-c2ccc(N(c3ccc(-c4cc5c6ccccc6sc5c5ccccc45)cc3)c3ccccc3-c3ccc4ccccc4c3)cc2)cc1. The van der Waals surface area contributed by atoms with Crippen molar-refractivity contribution in [1.29, 1.82) is 0 Å². The lowest BCUT2D eigenvalue weighted by Crippen LogP contribution is -2.11. The van der Waals surface area contributed by atoms with Gasteiger partial charge in [0, 0.05) is 42.5 Å². The average Bonchev–Trinajstić information content (AvgIpc) is 3.60. The van der Waals surface area contributed by atoms with Gasteiger partial charge in [-0.1, -0.05) is 152 Å². The summed E-state index contributed by atoms with van der Waals surface area (Å²) in [6, 6.07) is 72.9. The van der Waals surface area contributed by atoms with Crippen LogP contribution in [0.1, 0.15) is 0 Å². The number of fused-ring (bicyclic) bond motifs is 6. The maximum atomic E-state index is 2.40. The molecule has 0 bridgehead atoms. The zero-order valence-corrected chi connectivity index (χ0v) is 29.2. The maximum Gasteiger partial charge on any atom is 0.0540 e. The topological polar surface area (TPSA) is 3.24 Å². The minimum Gasteiger partial charge on any atom is -0.310 e. The van der Waals surface area contributed by atoms with E-state index >= 15 is 0 Å². The number of thiophene rings is 1. The second-order valence-corrected chi connectivity index (χ2v) is 14.4. The molecule has 0 atom stereocenters. The maximum absolute atomic E-state index is 2.40. The summed E-state index contributed by atoms with van der Waals surface area (Å²) in [6.07, 6.45) is 0. The summed E-state index contributed by atoms with van der Waals surface area (Å²) >= 11 is 1.89. The number of hydrogen-bond acceptors (Lipinski definition) is 2. The molecule has 244 valence electrons. The lowest BCUT2D eigenvalue weighted by molar-refractivity contribution is 1.28. The van der Waals surface area contributed by atoms with Crippen LogP contribution in [-0.4, -0.2) is 0 Å². The molecular weight excluding hydrogens is 647 g/mol. The molecule has 10 rings (SSSR count). The summed E-state index contributed by atoms with van der Waals surface area (Å²) in [6.45, 7) is 0. The Bertz CT molecular complexity index is 2890. The van der Waals surface area contributed by atoms with Gasteiger partial charge in [0.1, 0.15) is 0 Å². The van der Waals surface area contributed by atoms with Gasteiger partial charge in [-0.2, -0.15) is 0 Å². The Balaban J connectivity index is 1.13. The molecule has 1 heterocycles. The lowest BCUT2D eigenvalue weighted by Gasteiger charge is -2.28. The van der Waals surface area contributed by atoms with Gasteiger partial charge in [0.05, 0.1) is 5.69 Å². The van der Waals surface area contributed by atoms with E-state index in [1.807, 2.05) is 11.3 Å². The Hall–Kier alpha value is -6.48. The van der Waals surface area contributed by atoms with Gasteiger partial charge in [-0.05, 0) is 92.5 Å². The zero-order valence-electron chi connectivity index (χ0n) is 28.4. The molecule has 1 nitrogen and oxygen atoms in total. The first-order valence-corrected chi connectivity index (χ1v) is 18.6. The molecule has 10 aromatic rings. The minimum absolute atomic E-state index is 1.11. The molecule has 0 aliphatic carbocycles. The van der Waals surface area contributed by atoms with E-state index in [4.69, 9.17) is 0 Å². The van der Waals surface area contributed by atoms with Crippen LogP contribution in [0, 0.1) is 0 Å². The van der Waals surface area contributed by atoms with E-state index < -0.39 is 0 Å². The summed E-state index contributed by atoms with van der Waals surface area (Å²) in [5.74, 6) is 0. The van der Waals surface area contributed by atoms with E-state index in [0.717, 1.165) is 17.1 Å². The van der Waals surface area contributed by atoms with E-state index in [1.165, 1.54) is 75.1 Å². The van der Waals surface area contributed by atoms with Gasteiger partial charge >= 0.3 is 0 Å². The van der Waals surface area contributed by atoms with E-state index in [0.29, 0.717) is 0 Å². The van der Waals surface area contributed by atoms with Crippen molar-refractivity contribution in [3.63, 3.8) is 0 Å². The third-order valence-corrected chi connectivity index (χ3v) is 11.5. The Kier molecular flexibility index (Phi) is 7.41. The van der Waals surface area contributed by atoms with Crippen LogP contribution >= 0.6 is 11.3 Å². The van der Waals surface area contributed by atoms with Gasteiger partial charge in [0.15, 0.2) is 0 Å². The Morgan fingerprint density at radius 1 is 0.327 bits per heavy atom. The van der Waals surface area contributed by atoms with E-state index in [-0.39, 0.29) is 0 Å². The minimum atomic E-state index is 1.11. The molecule has 0 aliphatic rings. The van der Waals surface area contributed by atoms with Crippen LogP contribution < -0.4 is 4.90 Å². The zero-order chi connectivity index (χ0) is 34.4. The first-order chi connectivity index (χ1) is 25.8. The van der Waals surface area contributed by atoms with Crippen molar-refractivity contribution >= 4 is 70.1 Å². The quantitative estimate of drug-likeness (QED) is 0.169. The highest BCUT2D eigenvalue weighted by atomic mass is 32.1. The first kappa shape index (κ1) is 30.4. The Labute approximate surface area is 307 Å². The largest absolute Gasteiger partial charge is 0.310 e. The van der Waals surface area contributed by atoms with Gasteiger partial charge in [0.2, 0.25) is 0 Å². The molecule has 0 aliphatic heterocycles. The average molecular weight is 680 g/mol. The van der Waals surface area contributed by atoms with Crippen molar-refractivity contribution in [3.8, 4) is 33.4 Å². The van der Waals surface area contributed by atoms with Crippen LogP contribution in [0.15, 0.2) is 200 Å². The summed E-state index contributed by atoms with van der Waals surface area (Å²) in [7, 11) is 0. The third-order valence-electron chi connectivity index (χ3n) is 10.3. The number of nitrogens with zero attached hydrogens (tertiary/aromatic N) is 1. The number of para-hydroxylation sites is 1. The molecule has 0 amide bonds. The van der Waals surface area contributed by atoms with Crippen molar-refractivity contribution in [3.05, 3.63) is 200 Å². The standard InChI is InChI=1S/C50H33NS/c1-2-12-34(13-3-1)36-24-28-40(29-25-36)51(48-20-10-8-16-42(48)39-23-22-35-14-4-5-15-38(35)32-39)41-30-26-37(27-31-41)46-33-47-44-18-9-11-21-49(44)52-50(47)45-19-7-6-17-43(45)46/h1-33H. The fourth-order valence-electron chi connectivity index (χ4n) is 7.71. The molecule has 0 saturated carbocycles. The summed E-state index contributed by atoms with van der Waals surface area (Å²) in [5.41, 5.74) is 10.6. The summed E-state index contributed by atoms with van der Waals surface area (Å²) in [4.78, 5) is 2.40. The second-order valence-electron chi connectivity index (χ2n) is 13.3. The normalized spacial score (nSPS) is 11.5. The van der Waals surface area contributed by atoms with Gasteiger partial charge in [-0.25, -0.2) is 0 Å². The highest BCUT2D eigenvalue weighted by Crippen LogP contribution is 2.45. The van der Waals surface area contributed by atoms with Crippen LogP contribution in [0.3, 0.4) is 0 Å². The number of rotatable bonds is 6. The number of hydrogen-bond donors (Lipinski definition) is 0. The second kappa shape index (κ2) is 12.7. The van der Waals surface area contributed by atoms with Crippen molar-refractivity contribution < 1.29 is 0 Å². The van der Waals surface area contributed by atoms with Gasteiger partial charge in [-0.3, -0.25) is 0 Å². The lowest BCUT2D eigenvalue weighted by atomic mass is 9.95. The van der Waals surface area contributed by atoms with Crippen LogP contribution in [0.5, 0.6) is 0 Å². The molecule has 9 aromatic carbocycles. The summed E-state index contributed by atoms with van der Waals surface area (Å²) in [5, 5.41) is 7.72. The van der Waals surface area contributed by atoms with Gasteiger partial charge in [0.25, 0.3) is 0 Å². The Morgan fingerprint density at radius 2 is 0.904 bits per heavy atom. The predicted octanol–water partition coefficient (Wildman–Crippen LogP) is 14.8. The number of anilines is 3. The van der Waals surface area contributed by atoms with Crippen molar-refractivity contribution in [2.75, 3.05) is 4.90 Å². The van der Waals surface area contributed by atoms with Crippen molar-refractivity contribution in [2.24, 2.45) is 0 Å². The Morgan fingerprint density at radius 3 is 1.69 bits per heavy atom. The van der Waals surface area contributed by atoms with E-state index in [9.17, 15) is 0 Å². The van der Waals surface area contributed by atoms with Crippen LogP contribution in [0.25, 0.3) is 75.1 Å². The molecule has 0 unspecified atom stereocenters.